The van der Waals surface area contributed by atoms with Crippen LogP contribution in [0.1, 0.15) is 18.3 Å². The zero-order valence-electron chi connectivity index (χ0n) is 16.4. The molecule has 0 saturated carbocycles. The fourth-order valence-corrected chi connectivity index (χ4v) is 3.08. The lowest BCUT2D eigenvalue weighted by Crippen LogP contribution is -2.25. The van der Waals surface area contributed by atoms with Crippen molar-refractivity contribution in [2.45, 2.75) is 13.8 Å². The van der Waals surface area contributed by atoms with Gasteiger partial charge in [0, 0.05) is 17.2 Å². The number of non-ortho nitro benzene ring substituents is 1. The number of nitro groups is 1. The number of ether oxygens (including phenoxy) is 1. The van der Waals surface area contributed by atoms with Crippen molar-refractivity contribution in [2.75, 3.05) is 6.61 Å². The molecule has 3 aromatic rings. The molecule has 1 heterocycles. The van der Waals surface area contributed by atoms with Gasteiger partial charge in [-0.15, -0.1) is 5.10 Å². The van der Waals surface area contributed by atoms with Gasteiger partial charge < -0.3 is 4.74 Å². The number of rotatable bonds is 7. The molecule has 0 spiro atoms. The quantitative estimate of drug-likeness (QED) is 0.324. The lowest BCUT2D eigenvalue weighted by Gasteiger charge is -2.07. The van der Waals surface area contributed by atoms with Gasteiger partial charge in [0.15, 0.2) is 6.61 Å². The average molecular weight is 463 g/mol. The molecule has 10 nitrogen and oxygen atoms in total. The molecule has 0 bridgehead atoms. The number of carbonyl (C=O) groups excluding carboxylic acids is 1. The molecule has 0 aliphatic heterocycles. The first-order valence-corrected chi connectivity index (χ1v) is 9.60. The van der Waals surface area contributed by atoms with Crippen LogP contribution >= 0.6 is 23.2 Å². The normalized spacial score (nSPS) is 11.3. The van der Waals surface area contributed by atoms with Crippen LogP contribution in [0.5, 0.6) is 5.75 Å². The van der Waals surface area contributed by atoms with Crippen LogP contribution in [-0.4, -0.2) is 38.1 Å². The van der Waals surface area contributed by atoms with E-state index in [0.717, 1.165) is 0 Å². The average Bonchev–Trinajstić information content (AvgIpc) is 3.12. The van der Waals surface area contributed by atoms with Crippen LogP contribution in [0, 0.1) is 17.0 Å². The molecule has 1 amide bonds. The molecule has 1 aromatic heterocycles. The molecule has 0 atom stereocenters. The third-order valence-electron chi connectivity index (χ3n) is 4.12. The lowest BCUT2D eigenvalue weighted by atomic mass is 10.2. The van der Waals surface area contributed by atoms with Gasteiger partial charge in [0.25, 0.3) is 11.6 Å². The number of aromatic nitrogens is 3. The van der Waals surface area contributed by atoms with E-state index in [1.54, 1.807) is 38.1 Å². The topological polar surface area (TPSA) is 125 Å². The van der Waals surface area contributed by atoms with Crippen LogP contribution in [0.4, 0.5) is 5.69 Å². The highest BCUT2D eigenvalue weighted by Gasteiger charge is 2.15. The Bertz CT molecular complexity index is 1180. The number of hydrogen-bond acceptors (Lipinski definition) is 7. The molecule has 3 rings (SSSR count). The minimum absolute atomic E-state index is 0.0626. The van der Waals surface area contributed by atoms with Crippen LogP contribution in [0.2, 0.25) is 10.0 Å². The first kappa shape index (κ1) is 22.2. The van der Waals surface area contributed by atoms with Crippen molar-refractivity contribution in [3.8, 4) is 11.4 Å². The second-order valence-electron chi connectivity index (χ2n) is 6.31. The Morgan fingerprint density at radius 1 is 1.29 bits per heavy atom. The van der Waals surface area contributed by atoms with E-state index in [4.69, 9.17) is 27.9 Å². The Morgan fingerprint density at radius 2 is 2.06 bits per heavy atom. The molecule has 0 aliphatic carbocycles. The van der Waals surface area contributed by atoms with Crippen molar-refractivity contribution in [1.29, 1.82) is 0 Å². The molecule has 31 heavy (non-hydrogen) atoms. The fraction of sp³-hybridized carbons (Fsp3) is 0.158. The predicted octanol–water partition coefficient (Wildman–Crippen LogP) is 3.71. The summed E-state index contributed by atoms with van der Waals surface area (Å²) in [4.78, 5) is 22.5. The van der Waals surface area contributed by atoms with Gasteiger partial charge in [0.05, 0.1) is 27.0 Å². The van der Waals surface area contributed by atoms with E-state index in [2.05, 4.69) is 20.8 Å². The molecular weight excluding hydrogens is 447 g/mol. The number of hydrazone groups is 1. The summed E-state index contributed by atoms with van der Waals surface area (Å²) >= 11 is 11.8. The van der Waals surface area contributed by atoms with Gasteiger partial charge in [0.1, 0.15) is 11.4 Å². The molecule has 0 radical (unpaired) electrons. The van der Waals surface area contributed by atoms with Crippen molar-refractivity contribution in [1.82, 2.24) is 20.4 Å². The maximum atomic E-state index is 12.0. The van der Waals surface area contributed by atoms with E-state index >= 15 is 0 Å². The minimum atomic E-state index is -0.505. The number of carbonyl (C=O) groups is 1. The standard InChI is InChI=1S/C19H16Cl2N6O4/c1-11(22-23-18(28)10-31-17-7-6-13(20)8-16(17)21)19-12(2)26(25-24-19)14-4-3-5-15(9-14)27(29)30/h3-9H,10H2,1-2H3,(H,23,28). The first-order valence-electron chi connectivity index (χ1n) is 8.84. The minimum Gasteiger partial charge on any atom is -0.482 e. The fourth-order valence-electron chi connectivity index (χ4n) is 2.61. The van der Waals surface area contributed by atoms with E-state index in [9.17, 15) is 14.9 Å². The van der Waals surface area contributed by atoms with E-state index < -0.39 is 10.8 Å². The summed E-state index contributed by atoms with van der Waals surface area (Å²) in [5.41, 5.74) is 4.21. The van der Waals surface area contributed by atoms with Gasteiger partial charge in [-0.3, -0.25) is 14.9 Å². The maximum absolute atomic E-state index is 12.0. The smallest absolute Gasteiger partial charge is 0.277 e. The van der Waals surface area contributed by atoms with Crippen LogP contribution in [0.15, 0.2) is 47.6 Å². The van der Waals surface area contributed by atoms with Crippen molar-refractivity contribution in [3.63, 3.8) is 0 Å². The molecule has 2 aromatic carbocycles. The van der Waals surface area contributed by atoms with Crippen molar-refractivity contribution in [2.24, 2.45) is 5.10 Å². The summed E-state index contributed by atoms with van der Waals surface area (Å²) in [6, 6.07) is 10.7. The van der Waals surface area contributed by atoms with Gasteiger partial charge >= 0.3 is 0 Å². The number of benzene rings is 2. The second kappa shape index (κ2) is 9.54. The highest BCUT2D eigenvalue weighted by atomic mass is 35.5. The Balaban J connectivity index is 1.67. The number of amides is 1. The zero-order chi connectivity index (χ0) is 22.5. The van der Waals surface area contributed by atoms with Crippen LogP contribution in [0.3, 0.4) is 0 Å². The number of nitrogens with zero attached hydrogens (tertiary/aromatic N) is 5. The van der Waals surface area contributed by atoms with Gasteiger partial charge in [-0.25, -0.2) is 10.1 Å². The Hall–Kier alpha value is -3.50. The monoisotopic (exact) mass is 462 g/mol. The summed E-state index contributed by atoms with van der Waals surface area (Å²) in [5.74, 6) is -0.188. The van der Waals surface area contributed by atoms with Gasteiger partial charge in [-0.2, -0.15) is 5.10 Å². The van der Waals surface area contributed by atoms with Gasteiger partial charge in [-0.1, -0.05) is 34.5 Å². The first-order chi connectivity index (χ1) is 14.8. The zero-order valence-corrected chi connectivity index (χ0v) is 17.9. The maximum Gasteiger partial charge on any atom is 0.277 e. The van der Waals surface area contributed by atoms with E-state index in [0.29, 0.717) is 33.6 Å². The Labute approximate surface area is 186 Å². The number of nitro benzene ring substituents is 1. The van der Waals surface area contributed by atoms with Crippen LogP contribution in [0.25, 0.3) is 5.69 Å². The molecule has 160 valence electrons. The highest BCUT2D eigenvalue weighted by Crippen LogP contribution is 2.27. The van der Waals surface area contributed by atoms with E-state index in [1.807, 2.05) is 0 Å². The van der Waals surface area contributed by atoms with Gasteiger partial charge in [-0.05, 0) is 38.1 Å². The Kier molecular flexibility index (Phi) is 6.83. The predicted molar refractivity (Wildman–Crippen MR) is 115 cm³/mol. The molecule has 0 aliphatic rings. The van der Waals surface area contributed by atoms with E-state index in [1.165, 1.54) is 22.9 Å². The molecule has 0 saturated heterocycles. The van der Waals surface area contributed by atoms with Crippen molar-refractivity contribution in [3.05, 3.63) is 74.0 Å². The summed E-state index contributed by atoms with van der Waals surface area (Å²) in [6.07, 6.45) is 0. The number of hydrogen-bond donors (Lipinski definition) is 1. The largest absolute Gasteiger partial charge is 0.482 e. The molecule has 0 unspecified atom stereocenters. The third-order valence-corrected chi connectivity index (χ3v) is 4.65. The van der Waals surface area contributed by atoms with Crippen molar-refractivity contribution < 1.29 is 14.5 Å². The SMILES string of the molecule is CC(=NNC(=O)COc1ccc(Cl)cc1Cl)c1nnn(-c2cccc([N+](=O)[O-])c2)c1C. The summed E-state index contributed by atoms with van der Waals surface area (Å²) < 4.78 is 6.80. The molecule has 1 N–H and O–H groups in total. The number of halogens is 2. The van der Waals surface area contributed by atoms with Crippen molar-refractivity contribution >= 4 is 40.5 Å². The van der Waals surface area contributed by atoms with Crippen LogP contribution in [-0.2, 0) is 4.79 Å². The summed E-state index contributed by atoms with van der Waals surface area (Å²) in [6.45, 7) is 3.07. The van der Waals surface area contributed by atoms with E-state index in [-0.39, 0.29) is 17.3 Å². The third kappa shape index (κ3) is 5.36. The van der Waals surface area contributed by atoms with Crippen LogP contribution < -0.4 is 10.2 Å². The number of nitrogens with one attached hydrogen (secondary N) is 1. The molecule has 0 fully saturated rings. The Morgan fingerprint density at radius 3 is 2.77 bits per heavy atom. The molecule has 12 heteroatoms. The van der Waals surface area contributed by atoms with Gasteiger partial charge in [0.2, 0.25) is 0 Å². The highest BCUT2D eigenvalue weighted by molar-refractivity contribution is 6.35. The summed E-state index contributed by atoms with van der Waals surface area (Å²) in [5, 5.41) is 23.8. The lowest BCUT2D eigenvalue weighted by molar-refractivity contribution is -0.384. The second-order valence-corrected chi connectivity index (χ2v) is 7.15. The summed E-state index contributed by atoms with van der Waals surface area (Å²) in [7, 11) is 0. The molecular formula is C19H16Cl2N6O4.